The average molecular weight is 268 g/mol. The molecular weight excluding hydrogens is 250 g/mol. The van der Waals surface area contributed by atoms with Crippen LogP contribution >= 0.6 is 11.6 Å². The van der Waals surface area contributed by atoms with Crippen molar-refractivity contribution in [2.75, 3.05) is 5.32 Å². The van der Waals surface area contributed by atoms with Gasteiger partial charge < -0.3 is 5.32 Å². The van der Waals surface area contributed by atoms with Crippen LogP contribution in [0.25, 0.3) is 0 Å². The molecule has 0 bridgehead atoms. The summed E-state index contributed by atoms with van der Waals surface area (Å²) in [5.74, 6) is 2.39. The monoisotopic (exact) mass is 267 g/mol. The Hall–Kier alpha value is -1.47. The van der Waals surface area contributed by atoms with Crippen LogP contribution in [0.15, 0.2) is 11.0 Å². The molecule has 5 heteroatoms. The first kappa shape index (κ1) is 14.6. The summed E-state index contributed by atoms with van der Waals surface area (Å²) < 4.78 is 1.22. The topological polar surface area (TPSA) is 46.9 Å². The fourth-order valence-corrected chi connectivity index (χ4v) is 1.98. The Balaban J connectivity index is 3.13. The lowest BCUT2D eigenvalue weighted by Gasteiger charge is -2.27. The molecule has 1 N–H and O–H groups in total. The van der Waals surface area contributed by atoms with Crippen molar-refractivity contribution in [2.24, 2.45) is 0 Å². The molecule has 0 radical (unpaired) electrons. The highest BCUT2D eigenvalue weighted by Gasteiger charge is 2.20. The van der Waals surface area contributed by atoms with Gasteiger partial charge in [0.15, 0.2) is 0 Å². The molecule has 0 amide bonds. The van der Waals surface area contributed by atoms with Crippen LogP contribution in [0.1, 0.15) is 33.6 Å². The first-order valence-electron chi connectivity index (χ1n) is 5.88. The Morgan fingerprint density at radius 3 is 2.83 bits per heavy atom. The van der Waals surface area contributed by atoms with E-state index in [4.69, 9.17) is 18.0 Å². The standard InChI is InChI=1S/C13H18ClN3O/c1-5-7-13(3,4)16-11-10(14)9-15-17(8-6-2)12(11)18/h2,9,16H,5,7-8H2,1,3-4H3. The lowest BCUT2D eigenvalue weighted by Crippen LogP contribution is -2.35. The van der Waals surface area contributed by atoms with Gasteiger partial charge in [-0.25, -0.2) is 4.68 Å². The highest BCUT2D eigenvalue weighted by molar-refractivity contribution is 6.33. The zero-order valence-electron chi connectivity index (χ0n) is 11.0. The van der Waals surface area contributed by atoms with Gasteiger partial charge >= 0.3 is 0 Å². The highest BCUT2D eigenvalue weighted by Crippen LogP contribution is 2.22. The molecule has 98 valence electrons. The van der Waals surface area contributed by atoms with Gasteiger partial charge in [0.05, 0.1) is 11.2 Å². The summed E-state index contributed by atoms with van der Waals surface area (Å²) in [5.41, 5.74) is -0.127. The molecule has 1 rings (SSSR count). The minimum absolute atomic E-state index is 0.138. The van der Waals surface area contributed by atoms with Crippen LogP contribution < -0.4 is 10.9 Å². The number of hydrogen-bond donors (Lipinski definition) is 1. The summed E-state index contributed by atoms with van der Waals surface area (Å²) in [4.78, 5) is 12.1. The molecule has 0 unspecified atom stereocenters. The van der Waals surface area contributed by atoms with Gasteiger partial charge in [0, 0.05) is 5.54 Å². The molecule has 18 heavy (non-hydrogen) atoms. The predicted octanol–water partition coefficient (Wildman–Crippen LogP) is 2.52. The number of halogens is 1. The first-order chi connectivity index (χ1) is 8.41. The Morgan fingerprint density at radius 1 is 1.61 bits per heavy atom. The van der Waals surface area contributed by atoms with Crippen molar-refractivity contribution in [2.45, 2.75) is 45.7 Å². The maximum Gasteiger partial charge on any atom is 0.292 e. The Bertz CT molecular complexity index is 514. The van der Waals surface area contributed by atoms with Crippen LogP contribution in [0.4, 0.5) is 5.69 Å². The molecule has 1 heterocycles. The summed E-state index contributed by atoms with van der Waals surface area (Å²) >= 11 is 6.02. The molecule has 0 fully saturated rings. The summed E-state index contributed by atoms with van der Waals surface area (Å²) in [6.45, 7) is 6.28. The Kier molecular flexibility index (Phi) is 4.80. The van der Waals surface area contributed by atoms with Crippen molar-refractivity contribution in [3.05, 3.63) is 21.6 Å². The number of aromatic nitrogens is 2. The van der Waals surface area contributed by atoms with Crippen molar-refractivity contribution in [3.63, 3.8) is 0 Å². The van der Waals surface area contributed by atoms with E-state index in [0.29, 0.717) is 10.7 Å². The highest BCUT2D eigenvalue weighted by atomic mass is 35.5. The van der Waals surface area contributed by atoms with Crippen LogP contribution in [0.3, 0.4) is 0 Å². The van der Waals surface area contributed by atoms with E-state index in [0.717, 1.165) is 12.8 Å². The van der Waals surface area contributed by atoms with Gasteiger partial charge in [-0.3, -0.25) is 4.79 Å². The Labute approximate surface area is 112 Å². The number of terminal acetylenes is 1. The van der Waals surface area contributed by atoms with Gasteiger partial charge in [-0.1, -0.05) is 30.9 Å². The van der Waals surface area contributed by atoms with E-state index in [1.807, 2.05) is 13.8 Å². The summed E-state index contributed by atoms with van der Waals surface area (Å²) in [7, 11) is 0. The number of nitrogens with one attached hydrogen (secondary N) is 1. The molecule has 0 aliphatic rings. The zero-order chi connectivity index (χ0) is 13.8. The third-order valence-corrected chi connectivity index (χ3v) is 2.86. The van der Waals surface area contributed by atoms with Gasteiger partial charge in [0.2, 0.25) is 0 Å². The molecule has 0 aromatic carbocycles. The van der Waals surface area contributed by atoms with Crippen LogP contribution in [0.2, 0.25) is 5.02 Å². The molecule has 1 aromatic heterocycles. The summed E-state index contributed by atoms with van der Waals surface area (Å²) in [6.07, 6.45) is 8.57. The summed E-state index contributed by atoms with van der Waals surface area (Å²) in [6, 6.07) is 0. The minimum atomic E-state index is -0.287. The fraction of sp³-hybridized carbons (Fsp3) is 0.538. The molecule has 0 spiro atoms. The zero-order valence-corrected chi connectivity index (χ0v) is 11.7. The van der Waals surface area contributed by atoms with Crippen molar-refractivity contribution < 1.29 is 0 Å². The second-order valence-corrected chi connectivity index (χ2v) is 5.20. The number of anilines is 1. The lowest BCUT2D eigenvalue weighted by atomic mass is 9.99. The second-order valence-electron chi connectivity index (χ2n) is 4.79. The van der Waals surface area contributed by atoms with Gasteiger partial charge in [-0.05, 0) is 20.3 Å². The van der Waals surface area contributed by atoms with E-state index in [9.17, 15) is 4.79 Å². The molecule has 0 aliphatic heterocycles. The lowest BCUT2D eigenvalue weighted by molar-refractivity contribution is 0.508. The van der Waals surface area contributed by atoms with E-state index in [-0.39, 0.29) is 17.6 Å². The number of hydrogen-bond acceptors (Lipinski definition) is 3. The average Bonchev–Trinajstić information content (AvgIpc) is 2.28. The maximum absolute atomic E-state index is 12.1. The smallest absolute Gasteiger partial charge is 0.292 e. The second kappa shape index (κ2) is 5.92. The van der Waals surface area contributed by atoms with Crippen molar-refractivity contribution >= 4 is 17.3 Å². The van der Waals surface area contributed by atoms with E-state index in [1.54, 1.807) is 0 Å². The van der Waals surface area contributed by atoms with Gasteiger partial charge in [-0.15, -0.1) is 6.42 Å². The SMILES string of the molecule is C#CCn1ncc(Cl)c(NC(C)(C)CCC)c1=O. The fourth-order valence-electron chi connectivity index (χ4n) is 1.81. The van der Waals surface area contributed by atoms with Crippen LogP contribution in [-0.4, -0.2) is 15.3 Å². The van der Waals surface area contributed by atoms with Crippen LogP contribution in [0, 0.1) is 12.3 Å². The number of nitrogens with zero attached hydrogens (tertiary/aromatic N) is 2. The molecule has 0 atom stereocenters. The van der Waals surface area contributed by atoms with E-state index in [2.05, 4.69) is 23.3 Å². The third kappa shape index (κ3) is 3.51. The van der Waals surface area contributed by atoms with Crippen LogP contribution in [-0.2, 0) is 6.54 Å². The van der Waals surface area contributed by atoms with Gasteiger partial charge in [-0.2, -0.15) is 5.10 Å². The molecule has 1 aromatic rings. The van der Waals surface area contributed by atoms with Crippen molar-refractivity contribution in [1.29, 1.82) is 0 Å². The van der Waals surface area contributed by atoms with Crippen LogP contribution in [0.5, 0.6) is 0 Å². The van der Waals surface area contributed by atoms with E-state index in [1.165, 1.54) is 10.9 Å². The molecule has 0 aliphatic carbocycles. The minimum Gasteiger partial charge on any atom is -0.374 e. The number of rotatable bonds is 5. The molecule has 4 nitrogen and oxygen atoms in total. The van der Waals surface area contributed by atoms with E-state index < -0.39 is 0 Å². The molecule has 0 saturated carbocycles. The largest absolute Gasteiger partial charge is 0.374 e. The molecule has 0 saturated heterocycles. The quantitative estimate of drug-likeness (QED) is 0.834. The van der Waals surface area contributed by atoms with Crippen molar-refractivity contribution in [1.82, 2.24) is 9.78 Å². The van der Waals surface area contributed by atoms with E-state index >= 15 is 0 Å². The Morgan fingerprint density at radius 2 is 2.28 bits per heavy atom. The molecular formula is C13H18ClN3O. The third-order valence-electron chi connectivity index (χ3n) is 2.58. The summed E-state index contributed by atoms with van der Waals surface area (Å²) in [5, 5.41) is 7.39. The van der Waals surface area contributed by atoms with Gasteiger partial charge in [0.1, 0.15) is 12.2 Å². The van der Waals surface area contributed by atoms with Crippen molar-refractivity contribution in [3.8, 4) is 12.3 Å². The normalized spacial score (nSPS) is 11.1. The maximum atomic E-state index is 12.1. The predicted molar refractivity (Wildman–Crippen MR) is 74.9 cm³/mol. The first-order valence-corrected chi connectivity index (χ1v) is 6.26. The van der Waals surface area contributed by atoms with Gasteiger partial charge in [0.25, 0.3) is 5.56 Å².